The molecule has 1 aliphatic carbocycles. The van der Waals surface area contributed by atoms with E-state index in [1.807, 2.05) is 30.3 Å². The van der Waals surface area contributed by atoms with Gasteiger partial charge in [-0.25, -0.2) is 28.0 Å². The fourth-order valence-corrected chi connectivity index (χ4v) is 7.72. The van der Waals surface area contributed by atoms with E-state index in [1.165, 1.54) is 4.31 Å². The molecule has 1 heterocycles. The summed E-state index contributed by atoms with van der Waals surface area (Å²) in [7, 11) is -4.63. The molecule has 2 aromatic carbocycles. The fraction of sp³-hybridized carbons (Fsp3) is 0.516. The maximum Gasteiger partial charge on any atom is 0.410 e. The molecule has 0 spiro atoms. The van der Waals surface area contributed by atoms with Gasteiger partial charge < -0.3 is 19.7 Å². The Bertz CT molecular complexity index is 1350. The first-order valence-electron chi connectivity index (χ1n) is 14.6. The monoisotopic (exact) mass is 633 g/mol. The highest BCUT2D eigenvalue weighted by Gasteiger charge is 2.40. The van der Waals surface area contributed by atoms with Crippen molar-refractivity contribution in [1.29, 1.82) is 0 Å². The number of alkyl carbamates (subject to hydrolysis) is 1. The van der Waals surface area contributed by atoms with E-state index < -0.39 is 38.3 Å². The molecule has 2 unspecified atom stereocenters. The quantitative estimate of drug-likeness (QED) is 0.393. The topological polar surface area (TPSA) is 122 Å². The molecule has 2 fully saturated rings. The molecule has 12 heteroatoms. The van der Waals surface area contributed by atoms with Gasteiger partial charge in [-0.15, -0.1) is 0 Å². The summed E-state index contributed by atoms with van der Waals surface area (Å²) < 4.78 is 39.7. The molecule has 236 valence electrons. The number of carbonyl (C=O) groups is 3. The Hall–Kier alpha value is -3.09. The third-order valence-corrected chi connectivity index (χ3v) is 11.2. The lowest BCUT2D eigenvalue weighted by atomic mass is 9.94. The van der Waals surface area contributed by atoms with Crippen LogP contribution in [0.3, 0.4) is 0 Å². The predicted octanol–water partition coefficient (Wildman–Crippen LogP) is 4.25. The molecule has 2 amide bonds. The maximum atomic E-state index is 13.7. The summed E-state index contributed by atoms with van der Waals surface area (Å²) in [5.74, 6) is 0.693. The van der Waals surface area contributed by atoms with Crippen LogP contribution in [-0.2, 0) is 30.9 Å². The number of Topliss-reactive ketones (excluding diaryl/α,β-unsaturated/α-hetero) is 1. The van der Waals surface area contributed by atoms with E-state index >= 15 is 0 Å². The lowest BCUT2D eigenvalue weighted by Gasteiger charge is -2.40. The highest BCUT2D eigenvalue weighted by atomic mass is 32.3. The van der Waals surface area contributed by atoms with Crippen molar-refractivity contribution >= 4 is 38.0 Å². The zero-order valence-electron chi connectivity index (χ0n) is 25.1. The van der Waals surface area contributed by atoms with Crippen molar-refractivity contribution in [3.63, 3.8) is 0 Å². The van der Waals surface area contributed by atoms with Gasteiger partial charge in [-0.2, -0.15) is 4.31 Å². The smallest absolute Gasteiger partial charge is 0.410 e. The standard InChI is InChI=1S/C31H43N3O7S2/c1-42(2,3)19-18-40-30(36)32-29-21-27(35)20-25(29)14-15-26-22-33(31(37)41-23-24-10-6-4-7-11-24)16-17-34(26)43(38,39)28-12-8-5-9-13-28/h4-13,25-26,29H,14-23H2,1-3H3,(H,32,36)/t25?,26-,29?/m0/s1. The van der Waals surface area contributed by atoms with Crippen LogP contribution < -0.4 is 5.32 Å². The number of ketones is 1. The van der Waals surface area contributed by atoms with Gasteiger partial charge in [-0.05, 0) is 55.2 Å². The predicted molar refractivity (Wildman–Crippen MR) is 168 cm³/mol. The van der Waals surface area contributed by atoms with Crippen LogP contribution in [0.15, 0.2) is 65.6 Å². The lowest BCUT2D eigenvalue weighted by molar-refractivity contribution is -0.117. The van der Waals surface area contributed by atoms with Crippen molar-refractivity contribution in [2.45, 2.75) is 49.3 Å². The molecule has 3 atom stereocenters. The Labute approximate surface area is 256 Å². The zero-order chi connectivity index (χ0) is 31.0. The summed E-state index contributed by atoms with van der Waals surface area (Å²) in [6.07, 6.45) is 6.85. The Morgan fingerprint density at radius 1 is 0.907 bits per heavy atom. The second-order valence-corrected chi connectivity index (χ2v) is 18.5. The molecule has 1 saturated heterocycles. The number of piperazine rings is 1. The second kappa shape index (κ2) is 14.6. The van der Waals surface area contributed by atoms with Gasteiger partial charge in [0.05, 0.1) is 4.90 Å². The summed E-state index contributed by atoms with van der Waals surface area (Å²) >= 11 is 0. The summed E-state index contributed by atoms with van der Waals surface area (Å²) in [4.78, 5) is 39.6. The summed E-state index contributed by atoms with van der Waals surface area (Å²) in [6, 6.07) is 16.7. The van der Waals surface area contributed by atoms with Gasteiger partial charge in [0.25, 0.3) is 0 Å². The molecule has 43 heavy (non-hydrogen) atoms. The number of ether oxygens (including phenoxy) is 2. The van der Waals surface area contributed by atoms with E-state index in [9.17, 15) is 22.8 Å². The first-order valence-corrected chi connectivity index (χ1v) is 19.0. The van der Waals surface area contributed by atoms with E-state index in [1.54, 1.807) is 35.2 Å². The number of sulfonamides is 1. The number of hydrogen-bond donors (Lipinski definition) is 1. The highest BCUT2D eigenvalue weighted by Crippen LogP contribution is 2.34. The van der Waals surface area contributed by atoms with Crippen LogP contribution in [0, 0.1) is 5.92 Å². The Balaban J connectivity index is 1.43. The lowest BCUT2D eigenvalue weighted by Crippen LogP contribution is -2.56. The van der Waals surface area contributed by atoms with Gasteiger partial charge in [-0.1, -0.05) is 48.5 Å². The van der Waals surface area contributed by atoms with Crippen LogP contribution >= 0.6 is 10.0 Å². The van der Waals surface area contributed by atoms with Crippen molar-refractivity contribution in [2.75, 3.05) is 50.8 Å². The molecular weight excluding hydrogens is 590 g/mol. The summed E-state index contributed by atoms with van der Waals surface area (Å²) in [5.41, 5.74) is 0.861. The number of benzene rings is 2. The van der Waals surface area contributed by atoms with Gasteiger partial charge in [0.15, 0.2) is 0 Å². The van der Waals surface area contributed by atoms with E-state index in [0.29, 0.717) is 25.9 Å². The van der Waals surface area contributed by atoms with Crippen LogP contribution in [-0.4, -0.2) is 98.4 Å². The van der Waals surface area contributed by atoms with Crippen LogP contribution in [0.5, 0.6) is 0 Å². The molecule has 0 bridgehead atoms. The summed E-state index contributed by atoms with van der Waals surface area (Å²) in [6.45, 7) is 0.924. The van der Waals surface area contributed by atoms with Gasteiger partial charge in [0.1, 0.15) is 19.0 Å². The first kappa shape index (κ1) is 32.8. The molecule has 10 nitrogen and oxygen atoms in total. The van der Waals surface area contributed by atoms with Crippen molar-refractivity contribution in [3.05, 3.63) is 66.2 Å². The van der Waals surface area contributed by atoms with Crippen molar-refractivity contribution in [1.82, 2.24) is 14.5 Å². The first-order chi connectivity index (χ1) is 20.4. The molecule has 0 aromatic heterocycles. The zero-order valence-corrected chi connectivity index (χ0v) is 26.8. The number of hydrogen-bond acceptors (Lipinski definition) is 7. The number of nitrogens with zero attached hydrogens (tertiary/aromatic N) is 2. The van der Waals surface area contributed by atoms with Crippen LogP contribution in [0.1, 0.15) is 31.2 Å². The Morgan fingerprint density at radius 2 is 1.58 bits per heavy atom. The Kier molecular flexibility index (Phi) is 11.1. The van der Waals surface area contributed by atoms with Crippen molar-refractivity contribution in [2.24, 2.45) is 5.92 Å². The Morgan fingerprint density at radius 3 is 2.26 bits per heavy atom. The summed E-state index contributed by atoms with van der Waals surface area (Å²) in [5, 5.41) is 2.87. The largest absolute Gasteiger partial charge is 0.449 e. The van der Waals surface area contributed by atoms with Crippen LogP contribution in [0.4, 0.5) is 9.59 Å². The third-order valence-electron chi connectivity index (χ3n) is 7.85. The number of rotatable bonds is 11. The minimum atomic E-state index is -3.83. The number of nitrogens with one attached hydrogen (secondary N) is 1. The minimum Gasteiger partial charge on any atom is -0.449 e. The van der Waals surface area contributed by atoms with E-state index in [4.69, 9.17) is 9.47 Å². The molecular formula is C31H43N3O7S2. The van der Waals surface area contributed by atoms with Gasteiger partial charge in [0.2, 0.25) is 10.0 Å². The molecule has 1 aliphatic heterocycles. The number of carbonyl (C=O) groups excluding carboxylic acids is 3. The molecule has 0 radical (unpaired) electrons. The molecule has 1 N–H and O–H groups in total. The van der Waals surface area contributed by atoms with Gasteiger partial charge in [0, 0.05) is 50.3 Å². The number of amides is 2. The maximum absolute atomic E-state index is 13.7. The average molecular weight is 634 g/mol. The normalized spacial score (nSPS) is 21.8. The highest BCUT2D eigenvalue weighted by molar-refractivity contribution is 8.32. The molecule has 4 rings (SSSR count). The second-order valence-electron chi connectivity index (χ2n) is 12.0. The fourth-order valence-electron chi connectivity index (χ4n) is 5.48. The van der Waals surface area contributed by atoms with E-state index in [2.05, 4.69) is 24.1 Å². The van der Waals surface area contributed by atoms with Crippen LogP contribution in [0.25, 0.3) is 0 Å². The average Bonchev–Trinajstić information content (AvgIpc) is 3.33. The molecule has 1 saturated carbocycles. The molecule has 2 aliphatic rings. The van der Waals surface area contributed by atoms with Gasteiger partial charge in [-0.3, -0.25) is 4.79 Å². The van der Waals surface area contributed by atoms with E-state index in [0.717, 1.165) is 11.3 Å². The van der Waals surface area contributed by atoms with Crippen molar-refractivity contribution in [3.8, 4) is 0 Å². The van der Waals surface area contributed by atoms with Crippen LogP contribution in [0.2, 0.25) is 0 Å². The molecule has 2 aromatic rings. The van der Waals surface area contributed by atoms with Gasteiger partial charge >= 0.3 is 12.2 Å². The van der Waals surface area contributed by atoms with Crippen molar-refractivity contribution < 1.29 is 32.3 Å². The minimum absolute atomic E-state index is 0.0537. The van der Waals surface area contributed by atoms with E-state index in [-0.39, 0.29) is 55.3 Å². The third kappa shape index (κ3) is 9.45. The SMILES string of the molecule is CS(C)(C)CCOC(=O)NC1CC(=O)CC1CC[C@H]1CN(C(=O)OCc2ccccc2)CCN1S(=O)(=O)c1ccccc1.